The Balaban J connectivity index is 2.30. The Kier molecular flexibility index (Phi) is 9.14. The number of hydrogen-bond donors (Lipinski definition) is 0. The Hall–Kier alpha value is -1.02. The summed E-state index contributed by atoms with van der Waals surface area (Å²) in [5.41, 5.74) is 0.688. The van der Waals surface area contributed by atoms with Gasteiger partial charge in [0.15, 0.2) is 0 Å². The van der Waals surface area contributed by atoms with E-state index in [-0.39, 0.29) is 0 Å². The lowest BCUT2D eigenvalue weighted by Gasteiger charge is -2.13. The molecule has 20 heavy (non-hydrogen) atoms. The van der Waals surface area contributed by atoms with E-state index in [2.05, 4.69) is 10.3 Å². The Morgan fingerprint density at radius 1 is 1.15 bits per heavy atom. The van der Waals surface area contributed by atoms with E-state index in [0.717, 1.165) is 13.0 Å². The summed E-state index contributed by atoms with van der Waals surface area (Å²) in [6, 6.07) is 0. The fourth-order valence-electron chi connectivity index (χ4n) is 1.62. The van der Waals surface area contributed by atoms with Gasteiger partial charge in [0.2, 0.25) is 6.29 Å². The number of rotatable bonds is 12. The van der Waals surface area contributed by atoms with E-state index < -0.39 is 6.29 Å². The van der Waals surface area contributed by atoms with Crippen molar-refractivity contribution >= 4 is 0 Å². The maximum absolute atomic E-state index is 5.47. The van der Waals surface area contributed by atoms with Crippen molar-refractivity contribution in [2.45, 2.75) is 33.1 Å². The second-order valence-electron chi connectivity index (χ2n) is 4.11. The van der Waals surface area contributed by atoms with Crippen molar-refractivity contribution in [3.63, 3.8) is 0 Å². The van der Waals surface area contributed by atoms with E-state index in [0.29, 0.717) is 38.7 Å². The predicted octanol–water partition coefficient (Wildman–Crippen LogP) is 1.40. The molecule has 7 heteroatoms. The Labute approximate surface area is 120 Å². The first-order valence-electron chi connectivity index (χ1n) is 7.01. The highest BCUT2D eigenvalue weighted by molar-refractivity contribution is 4.94. The summed E-state index contributed by atoms with van der Waals surface area (Å²) in [4.78, 5) is 0. The van der Waals surface area contributed by atoms with Crippen molar-refractivity contribution in [3.8, 4) is 0 Å². The van der Waals surface area contributed by atoms with Gasteiger partial charge in [0.1, 0.15) is 5.69 Å². The standard InChI is InChI=1S/C13H25N3O4/c1-4-19-13(20-5-2)12-11-16(15-14-12)7-10-18-9-6-8-17-3/h11,13H,4-10H2,1-3H3. The quantitative estimate of drug-likeness (QED) is 0.427. The molecule has 0 saturated heterocycles. The predicted molar refractivity (Wildman–Crippen MR) is 73.3 cm³/mol. The zero-order valence-electron chi connectivity index (χ0n) is 12.6. The van der Waals surface area contributed by atoms with Gasteiger partial charge >= 0.3 is 0 Å². The van der Waals surface area contributed by atoms with E-state index in [9.17, 15) is 0 Å². The maximum Gasteiger partial charge on any atom is 0.204 e. The van der Waals surface area contributed by atoms with E-state index in [1.807, 2.05) is 20.0 Å². The summed E-state index contributed by atoms with van der Waals surface area (Å²) < 4.78 is 23.1. The molecule has 0 amide bonds. The molecule has 1 aromatic heterocycles. The first kappa shape index (κ1) is 17.0. The van der Waals surface area contributed by atoms with Gasteiger partial charge in [-0.1, -0.05) is 5.21 Å². The molecule has 1 heterocycles. The topological polar surface area (TPSA) is 67.6 Å². The molecule has 0 aliphatic heterocycles. The highest BCUT2D eigenvalue weighted by Crippen LogP contribution is 2.15. The molecule has 0 aliphatic rings. The smallest absolute Gasteiger partial charge is 0.204 e. The third kappa shape index (κ3) is 6.42. The van der Waals surface area contributed by atoms with Crippen LogP contribution in [0.2, 0.25) is 0 Å². The van der Waals surface area contributed by atoms with E-state index in [4.69, 9.17) is 18.9 Å². The molecular formula is C13H25N3O4. The molecule has 0 fully saturated rings. The summed E-state index contributed by atoms with van der Waals surface area (Å²) in [6.45, 7) is 7.65. The summed E-state index contributed by atoms with van der Waals surface area (Å²) in [6.07, 6.45) is 2.28. The van der Waals surface area contributed by atoms with Gasteiger partial charge < -0.3 is 18.9 Å². The molecule has 7 nitrogen and oxygen atoms in total. The SMILES string of the molecule is CCOC(OCC)c1cn(CCOCCCOC)nn1. The Morgan fingerprint density at radius 3 is 2.55 bits per heavy atom. The molecule has 1 rings (SSSR count). The highest BCUT2D eigenvalue weighted by Gasteiger charge is 2.15. The van der Waals surface area contributed by atoms with Gasteiger partial charge in [0.05, 0.1) is 19.3 Å². The molecule has 0 bridgehead atoms. The fraction of sp³-hybridized carbons (Fsp3) is 0.846. The fourth-order valence-corrected chi connectivity index (χ4v) is 1.62. The van der Waals surface area contributed by atoms with Crippen LogP contribution in [-0.2, 0) is 25.5 Å². The lowest BCUT2D eigenvalue weighted by Crippen LogP contribution is -2.10. The largest absolute Gasteiger partial charge is 0.385 e. The number of methoxy groups -OCH3 is 1. The van der Waals surface area contributed by atoms with Crippen molar-refractivity contribution in [1.82, 2.24) is 15.0 Å². The second-order valence-corrected chi connectivity index (χ2v) is 4.11. The van der Waals surface area contributed by atoms with Gasteiger partial charge in [-0.15, -0.1) is 5.10 Å². The monoisotopic (exact) mass is 287 g/mol. The van der Waals surface area contributed by atoms with Crippen LogP contribution in [0.25, 0.3) is 0 Å². The van der Waals surface area contributed by atoms with Gasteiger partial charge in [-0.3, -0.25) is 0 Å². The van der Waals surface area contributed by atoms with Crippen molar-refractivity contribution in [2.75, 3.05) is 40.1 Å². The molecule has 0 atom stereocenters. The average Bonchev–Trinajstić information content (AvgIpc) is 2.91. The number of hydrogen-bond acceptors (Lipinski definition) is 6. The van der Waals surface area contributed by atoms with Crippen LogP contribution in [0.15, 0.2) is 6.20 Å². The molecule has 116 valence electrons. The molecule has 0 radical (unpaired) electrons. The minimum Gasteiger partial charge on any atom is -0.385 e. The Bertz CT molecular complexity index is 340. The van der Waals surface area contributed by atoms with Crippen molar-refractivity contribution in [3.05, 3.63) is 11.9 Å². The molecule has 0 saturated carbocycles. The lowest BCUT2D eigenvalue weighted by molar-refractivity contribution is -0.142. The molecule has 1 aromatic rings. The minimum absolute atomic E-state index is 0.443. The molecule has 0 aromatic carbocycles. The lowest BCUT2D eigenvalue weighted by atomic mass is 10.4. The first-order chi connectivity index (χ1) is 9.81. The highest BCUT2D eigenvalue weighted by atomic mass is 16.7. The first-order valence-corrected chi connectivity index (χ1v) is 7.01. The van der Waals surface area contributed by atoms with E-state index in [1.54, 1.807) is 11.8 Å². The number of ether oxygens (including phenoxy) is 4. The van der Waals surface area contributed by atoms with Crippen LogP contribution in [0.5, 0.6) is 0 Å². The molecule has 0 unspecified atom stereocenters. The van der Waals surface area contributed by atoms with Gasteiger partial charge in [0, 0.05) is 33.5 Å². The third-order valence-corrected chi connectivity index (χ3v) is 2.54. The van der Waals surface area contributed by atoms with Crippen LogP contribution < -0.4 is 0 Å². The summed E-state index contributed by atoms with van der Waals surface area (Å²) >= 11 is 0. The zero-order valence-corrected chi connectivity index (χ0v) is 12.6. The van der Waals surface area contributed by atoms with Crippen molar-refractivity contribution in [1.29, 1.82) is 0 Å². The van der Waals surface area contributed by atoms with Crippen LogP contribution in [-0.4, -0.2) is 55.1 Å². The molecule has 0 aliphatic carbocycles. The third-order valence-electron chi connectivity index (χ3n) is 2.54. The number of aromatic nitrogens is 3. The summed E-state index contributed by atoms with van der Waals surface area (Å²) in [5, 5.41) is 8.11. The molecular weight excluding hydrogens is 262 g/mol. The van der Waals surface area contributed by atoms with Crippen molar-refractivity contribution < 1.29 is 18.9 Å². The molecule has 0 N–H and O–H groups in total. The number of nitrogens with zero attached hydrogens (tertiary/aromatic N) is 3. The van der Waals surface area contributed by atoms with E-state index in [1.165, 1.54) is 0 Å². The Morgan fingerprint density at radius 2 is 1.90 bits per heavy atom. The summed E-state index contributed by atoms with van der Waals surface area (Å²) in [7, 11) is 1.68. The van der Waals surface area contributed by atoms with Crippen LogP contribution in [0.3, 0.4) is 0 Å². The maximum atomic E-state index is 5.47. The minimum atomic E-state index is -0.443. The average molecular weight is 287 g/mol. The van der Waals surface area contributed by atoms with Gasteiger partial charge in [-0.2, -0.15) is 0 Å². The zero-order chi connectivity index (χ0) is 14.6. The van der Waals surface area contributed by atoms with Gasteiger partial charge in [-0.05, 0) is 20.3 Å². The van der Waals surface area contributed by atoms with Crippen LogP contribution in [0, 0.1) is 0 Å². The molecule has 0 spiro atoms. The van der Waals surface area contributed by atoms with Crippen molar-refractivity contribution in [2.24, 2.45) is 0 Å². The van der Waals surface area contributed by atoms with Gasteiger partial charge in [0.25, 0.3) is 0 Å². The summed E-state index contributed by atoms with van der Waals surface area (Å²) in [5.74, 6) is 0. The normalized spacial score (nSPS) is 11.4. The van der Waals surface area contributed by atoms with Crippen LogP contribution >= 0.6 is 0 Å². The van der Waals surface area contributed by atoms with Gasteiger partial charge in [-0.25, -0.2) is 4.68 Å². The van der Waals surface area contributed by atoms with E-state index >= 15 is 0 Å². The second kappa shape index (κ2) is 10.7. The van der Waals surface area contributed by atoms with Crippen LogP contribution in [0.1, 0.15) is 32.3 Å². The van der Waals surface area contributed by atoms with Crippen LogP contribution in [0.4, 0.5) is 0 Å².